The molecule has 3 aliphatic carbocycles. The third-order valence-corrected chi connectivity index (χ3v) is 11.2. The molecular weight excluding hydrogens is 596 g/mol. The van der Waals surface area contributed by atoms with E-state index in [4.69, 9.17) is 4.74 Å². The molecule has 5 N–H and O–H groups in total. The van der Waals surface area contributed by atoms with E-state index in [-0.39, 0.29) is 53.3 Å². The van der Waals surface area contributed by atoms with Gasteiger partial charge in [-0.15, -0.1) is 0 Å². The number of phenolic OH excluding ortho intramolecular Hbond substituents is 1. The molecule has 5 aliphatic rings. The van der Waals surface area contributed by atoms with Crippen LogP contribution < -0.4 is 10.6 Å². The van der Waals surface area contributed by atoms with Crippen LogP contribution in [0.2, 0.25) is 0 Å². The molecule has 236 valence electrons. The summed E-state index contributed by atoms with van der Waals surface area (Å²) in [4.78, 5) is 52.3. The minimum atomic E-state index is -1.40. The van der Waals surface area contributed by atoms with Crippen molar-refractivity contribution in [3.8, 4) is 11.5 Å². The second-order valence-corrected chi connectivity index (χ2v) is 14.2. The van der Waals surface area contributed by atoms with Crippen molar-refractivity contribution in [1.29, 1.82) is 0 Å². The highest BCUT2D eigenvalue weighted by atomic mass is 32.2. The Hall–Kier alpha value is -4.09. The van der Waals surface area contributed by atoms with Crippen LogP contribution >= 0.6 is 11.8 Å². The minimum Gasteiger partial charge on any atom is -0.506 e. The van der Waals surface area contributed by atoms with Gasteiger partial charge in [-0.1, -0.05) is 36.9 Å². The maximum atomic E-state index is 14.5. The lowest BCUT2D eigenvalue weighted by atomic mass is 9.51. The molecule has 1 spiro atoms. The summed E-state index contributed by atoms with van der Waals surface area (Å²) in [6, 6.07) is 9.76. The highest BCUT2D eigenvalue weighted by Gasteiger charge is 2.72. The zero-order chi connectivity index (χ0) is 32.3. The SMILES string of the molecule is CNC(=O)/C=C/c1cccc(SC2=C[C@]34C[C@H]5C[C@H](O[C@@]5(C)C3)[C@H]4[C@](C)(CCC(=O)Nc3c(O)ccc(C(=O)O)c3O)C2=O)c1. The maximum Gasteiger partial charge on any atom is 0.339 e. The normalized spacial score (nSPS) is 31.1. The summed E-state index contributed by atoms with van der Waals surface area (Å²) in [6.07, 6.45) is 7.89. The van der Waals surface area contributed by atoms with E-state index in [2.05, 4.69) is 23.6 Å². The third-order valence-electron chi connectivity index (χ3n) is 10.2. The first-order valence-electron chi connectivity index (χ1n) is 15.0. The van der Waals surface area contributed by atoms with Crippen molar-refractivity contribution in [1.82, 2.24) is 5.32 Å². The van der Waals surface area contributed by atoms with E-state index >= 15 is 0 Å². The summed E-state index contributed by atoms with van der Waals surface area (Å²) < 4.78 is 6.59. The lowest BCUT2D eigenvalue weighted by molar-refractivity contribution is -0.169. The van der Waals surface area contributed by atoms with Crippen molar-refractivity contribution >= 4 is 47.1 Å². The molecule has 11 heteroatoms. The summed E-state index contributed by atoms with van der Waals surface area (Å²) in [5.41, 5.74) is -1.47. The van der Waals surface area contributed by atoms with Gasteiger partial charge in [0, 0.05) is 35.8 Å². The number of anilines is 1. The number of hydrogen-bond donors (Lipinski definition) is 5. The Balaban J connectivity index is 1.29. The van der Waals surface area contributed by atoms with Crippen molar-refractivity contribution in [2.24, 2.45) is 22.7 Å². The molecule has 2 amide bonds. The van der Waals surface area contributed by atoms with E-state index in [0.717, 1.165) is 41.9 Å². The van der Waals surface area contributed by atoms with Gasteiger partial charge >= 0.3 is 5.97 Å². The number of benzene rings is 2. The van der Waals surface area contributed by atoms with Crippen LogP contribution in [0.15, 0.2) is 58.4 Å². The lowest BCUT2D eigenvalue weighted by Crippen LogP contribution is -2.57. The molecular formula is C34H36N2O8S. The fourth-order valence-corrected chi connectivity index (χ4v) is 9.57. The zero-order valence-corrected chi connectivity index (χ0v) is 26.1. The molecule has 4 fully saturated rings. The maximum absolute atomic E-state index is 14.5. The number of thioether (sulfide) groups is 1. The fraction of sp³-hybridized carbons (Fsp3) is 0.412. The van der Waals surface area contributed by atoms with Gasteiger partial charge in [-0.3, -0.25) is 14.4 Å². The number of hydrogen-bond acceptors (Lipinski definition) is 8. The number of Topliss-reactive ketones (excluding diaryl/α,β-unsaturated/α-hetero) is 1. The van der Waals surface area contributed by atoms with Crippen LogP contribution in [0.5, 0.6) is 11.5 Å². The highest BCUT2D eigenvalue weighted by molar-refractivity contribution is 8.04. The van der Waals surface area contributed by atoms with Gasteiger partial charge in [0.1, 0.15) is 17.0 Å². The molecule has 2 aliphatic heterocycles. The number of likely N-dealkylation sites (N-methyl/N-ethyl adjacent to an activating group) is 1. The van der Waals surface area contributed by atoms with Gasteiger partial charge in [0.15, 0.2) is 11.5 Å². The van der Waals surface area contributed by atoms with Gasteiger partial charge in [-0.25, -0.2) is 4.79 Å². The van der Waals surface area contributed by atoms with Crippen LogP contribution in [-0.4, -0.2) is 57.6 Å². The first kappa shape index (κ1) is 30.9. The van der Waals surface area contributed by atoms with E-state index in [1.54, 1.807) is 13.1 Å². The average molecular weight is 633 g/mol. The quantitative estimate of drug-likeness (QED) is 0.187. The number of carboxylic acid groups (broad SMARTS) is 1. The number of ether oxygens (including phenoxy) is 1. The molecule has 0 aromatic heterocycles. The molecule has 2 saturated carbocycles. The number of nitrogens with one attached hydrogen (secondary N) is 2. The number of carboxylic acids is 1. The Morgan fingerprint density at radius 1 is 1.16 bits per heavy atom. The Morgan fingerprint density at radius 2 is 1.93 bits per heavy atom. The topological polar surface area (TPSA) is 162 Å². The molecule has 6 atom stereocenters. The molecule has 7 rings (SSSR count). The van der Waals surface area contributed by atoms with Gasteiger partial charge in [-0.05, 0) is 79.8 Å². The lowest BCUT2D eigenvalue weighted by Gasteiger charge is -2.56. The van der Waals surface area contributed by atoms with Crippen LogP contribution in [-0.2, 0) is 19.1 Å². The summed E-state index contributed by atoms with van der Waals surface area (Å²) >= 11 is 1.39. The number of allylic oxidation sites excluding steroid dienone is 2. The zero-order valence-electron chi connectivity index (χ0n) is 25.3. The Labute approximate surface area is 264 Å². The van der Waals surface area contributed by atoms with Gasteiger partial charge in [-0.2, -0.15) is 0 Å². The van der Waals surface area contributed by atoms with E-state index in [1.807, 2.05) is 31.2 Å². The number of phenols is 2. The van der Waals surface area contributed by atoms with Gasteiger partial charge in [0.2, 0.25) is 11.8 Å². The molecule has 2 aromatic rings. The Kier molecular flexibility index (Phi) is 7.60. The van der Waals surface area contributed by atoms with Gasteiger partial charge in [0.25, 0.3) is 0 Å². The van der Waals surface area contributed by atoms with Crippen LogP contribution in [0.3, 0.4) is 0 Å². The molecule has 0 radical (unpaired) electrons. The number of carbonyl (C=O) groups is 4. The molecule has 2 saturated heterocycles. The Morgan fingerprint density at radius 3 is 2.64 bits per heavy atom. The monoisotopic (exact) mass is 632 g/mol. The van der Waals surface area contributed by atoms with E-state index in [1.165, 1.54) is 17.8 Å². The first-order chi connectivity index (χ1) is 21.3. The summed E-state index contributed by atoms with van der Waals surface area (Å²) in [5.74, 6) is -3.19. The van der Waals surface area contributed by atoms with Crippen molar-refractivity contribution in [2.45, 2.75) is 62.6 Å². The largest absolute Gasteiger partial charge is 0.506 e. The summed E-state index contributed by atoms with van der Waals surface area (Å²) in [6.45, 7) is 4.08. The number of rotatable bonds is 9. The molecule has 2 aromatic carbocycles. The average Bonchev–Trinajstić information content (AvgIpc) is 3.36. The molecule has 2 heterocycles. The second-order valence-electron chi connectivity index (χ2n) is 13.1. The third kappa shape index (κ3) is 5.21. The van der Waals surface area contributed by atoms with E-state index < -0.39 is 34.4 Å². The Bertz CT molecular complexity index is 1690. The van der Waals surface area contributed by atoms with Crippen molar-refractivity contribution in [3.05, 3.63) is 64.6 Å². The number of aromatic carboxylic acids is 1. The summed E-state index contributed by atoms with van der Waals surface area (Å²) in [7, 11) is 1.56. The molecule has 10 nitrogen and oxygen atoms in total. The predicted molar refractivity (Wildman–Crippen MR) is 168 cm³/mol. The number of carbonyl (C=O) groups excluding carboxylic acids is 3. The van der Waals surface area contributed by atoms with E-state index in [0.29, 0.717) is 10.8 Å². The minimum absolute atomic E-state index is 0.0663. The second kappa shape index (κ2) is 11.1. The van der Waals surface area contributed by atoms with Crippen LogP contribution in [0.1, 0.15) is 61.9 Å². The fourth-order valence-electron chi connectivity index (χ4n) is 8.35. The van der Waals surface area contributed by atoms with Crippen molar-refractivity contribution in [2.75, 3.05) is 12.4 Å². The first-order valence-corrected chi connectivity index (χ1v) is 15.8. The van der Waals surface area contributed by atoms with Crippen LogP contribution in [0.4, 0.5) is 5.69 Å². The highest BCUT2D eigenvalue weighted by Crippen LogP contribution is 2.72. The van der Waals surface area contributed by atoms with Crippen LogP contribution in [0.25, 0.3) is 6.08 Å². The molecule has 0 unspecified atom stereocenters. The molecule has 4 bridgehead atoms. The number of amides is 2. The summed E-state index contributed by atoms with van der Waals surface area (Å²) in [5, 5.41) is 35.0. The number of aromatic hydroxyl groups is 2. The van der Waals surface area contributed by atoms with Gasteiger partial charge in [0.05, 0.1) is 16.6 Å². The smallest absolute Gasteiger partial charge is 0.339 e. The van der Waals surface area contributed by atoms with E-state index in [9.17, 15) is 34.5 Å². The predicted octanol–water partition coefficient (Wildman–Crippen LogP) is 5.11. The van der Waals surface area contributed by atoms with Crippen molar-refractivity contribution < 1.29 is 39.2 Å². The van der Waals surface area contributed by atoms with Crippen molar-refractivity contribution in [3.63, 3.8) is 0 Å². The van der Waals surface area contributed by atoms with Crippen LogP contribution in [0, 0.1) is 22.7 Å². The molecule has 45 heavy (non-hydrogen) atoms. The van der Waals surface area contributed by atoms with Gasteiger partial charge < -0.3 is 30.7 Å². The number of ketones is 1. The standard InChI is InChI=1S/C34H36N2O8S/c1-32(12-11-26(39)36-27-22(37)9-8-21(28(27)40)31(42)43)29-23-14-19-15-34(29,17-33(19,2)44-23)16-24(30(32)41)45-20-6-4-5-18(13-20)7-10-25(38)35-3/h4-10,13,16,19,23,29,37,40H,11-12,14-15,17H2,1-3H3,(H,35,38)(H,36,39)(H,42,43)/b10-7+/t19-,23+,29+,32+,33+,34-/m1/s1.